The first-order valence-corrected chi connectivity index (χ1v) is 14.2. The predicted octanol–water partition coefficient (Wildman–Crippen LogP) is 7.86. The number of hydrogen-bond donors (Lipinski definition) is 0. The number of hydrogen-bond acceptors (Lipinski definition) is 6. The summed E-state index contributed by atoms with van der Waals surface area (Å²) in [5.41, 5.74) is 9.64. The molecule has 6 heteroatoms. The Morgan fingerprint density at radius 2 is 1.55 bits per heavy atom. The van der Waals surface area contributed by atoms with Crippen LogP contribution in [0.2, 0.25) is 0 Å². The van der Waals surface area contributed by atoms with Crippen molar-refractivity contribution in [2.75, 3.05) is 28.4 Å². The van der Waals surface area contributed by atoms with Crippen molar-refractivity contribution in [3.8, 4) is 11.5 Å². The lowest BCUT2D eigenvalue weighted by Crippen LogP contribution is -2.14. The fraction of sp³-hybridized carbons (Fsp3) is 0.389. The predicted molar refractivity (Wildman–Crippen MR) is 171 cm³/mol. The van der Waals surface area contributed by atoms with E-state index in [1.807, 2.05) is 0 Å². The highest BCUT2D eigenvalue weighted by Crippen LogP contribution is 2.45. The van der Waals surface area contributed by atoms with E-state index in [0.29, 0.717) is 40.4 Å². The maximum atomic E-state index is 12.5. The number of rotatable bonds is 12. The zero-order valence-corrected chi connectivity index (χ0v) is 26.6. The highest BCUT2D eigenvalue weighted by Gasteiger charge is 2.28. The summed E-state index contributed by atoms with van der Waals surface area (Å²) in [6.45, 7) is 16.6. The van der Waals surface area contributed by atoms with Crippen molar-refractivity contribution in [2.45, 2.75) is 60.0 Å². The smallest absolute Gasteiger partial charge is 0.172 e. The minimum absolute atomic E-state index is 0.0873. The maximum Gasteiger partial charge on any atom is 0.172 e. The van der Waals surface area contributed by atoms with Gasteiger partial charge in [-0.2, -0.15) is 0 Å². The molecule has 6 nitrogen and oxygen atoms in total. The number of aldehydes is 2. The van der Waals surface area contributed by atoms with Crippen LogP contribution in [0.15, 0.2) is 36.1 Å². The first-order valence-electron chi connectivity index (χ1n) is 14.2. The van der Waals surface area contributed by atoms with Gasteiger partial charge in [-0.05, 0) is 83.2 Å². The molecule has 42 heavy (non-hydrogen) atoms. The molecule has 0 N–H and O–H groups in total. The van der Waals surface area contributed by atoms with Crippen LogP contribution in [0.4, 0.5) is 0 Å². The van der Waals surface area contributed by atoms with Crippen molar-refractivity contribution < 1.29 is 28.5 Å². The molecule has 1 aliphatic carbocycles. The van der Waals surface area contributed by atoms with Crippen LogP contribution in [0, 0.1) is 12.8 Å². The standard InChI is InChI=1S/C36H44O6/c1-12-25-29(33(21(4)5)36(42-11)35(41-10)30(25)18-37)14-22(6)13-24-16-28-27(15-23(24)7)26(20(2)3)17-32(39-8)34(40-9)31(28)19-38/h12,14-21,32H,1,13H2,2-11H3/b22-14-. The van der Waals surface area contributed by atoms with Gasteiger partial charge in [-0.15, -0.1) is 0 Å². The van der Waals surface area contributed by atoms with E-state index in [-0.39, 0.29) is 11.8 Å². The van der Waals surface area contributed by atoms with E-state index in [0.717, 1.165) is 57.1 Å². The van der Waals surface area contributed by atoms with E-state index in [1.54, 1.807) is 27.4 Å². The molecule has 0 heterocycles. The Morgan fingerprint density at radius 3 is 2.02 bits per heavy atom. The van der Waals surface area contributed by atoms with Gasteiger partial charge in [0.15, 0.2) is 24.1 Å². The van der Waals surface area contributed by atoms with Crippen molar-refractivity contribution >= 4 is 35.9 Å². The number of aryl methyl sites for hydroxylation is 1. The van der Waals surface area contributed by atoms with Crippen LogP contribution in [0.1, 0.15) is 89.8 Å². The Bertz CT molecular complexity index is 1470. The largest absolute Gasteiger partial charge is 0.497 e. The lowest BCUT2D eigenvalue weighted by molar-refractivity contribution is -0.103. The molecule has 0 amide bonds. The summed E-state index contributed by atoms with van der Waals surface area (Å²) >= 11 is 0. The Hall–Kier alpha value is -3.90. The van der Waals surface area contributed by atoms with Crippen LogP contribution in [0.3, 0.4) is 0 Å². The third-order valence-electron chi connectivity index (χ3n) is 7.88. The first-order chi connectivity index (χ1) is 20.0. The van der Waals surface area contributed by atoms with E-state index in [4.69, 9.17) is 18.9 Å². The van der Waals surface area contributed by atoms with Crippen molar-refractivity contribution in [3.05, 3.63) is 80.6 Å². The van der Waals surface area contributed by atoms with Gasteiger partial charge in [-0.25, -0.2) is 0 Å². The SMILES string of the molecule is C=Cc1c(C=O)c(OC)c(OC)c(C(C)C)c1/C=C(/C)Cc1cc2c(cc1C)C(C(C)C)=CC(OC)C(OC)=C2C=O. The normalized spacial score (nSPS) is 15.3. The van der Waals surface area contributed by atoms with E-state index < -0.39 is 6.10 Å². The fourth-order valence-corrected chi connectivity index (χ4v) is 5.89. The molecule has 2 aromatic rings. The zero-order valence-electron chi connectivity index (χ0n) is 26.6. The second kappa shape index (κ2) is 13.8. The molecule has 0 fully saturated rings. The number of methoxy groups -OCH3 is 4. The van der Waals surface area contributed by atoms with Crippen LogP contribution in [-0.4, -0.2) is 47.1 Å². The summed E-state index contributed by atoms with van der Waals surface area (Å²) < 4.78 is 22.9. The highest BCUT2D eigenvalue weighted by atomic mass is 16.5. The van der Waals surface area contributed by atoms with Crippen LogP contribution in [0.25, 0.3) is 23.3 Å². The molecule has 2 aromatic carbocycles. The molecule has 3 rings (SSSR count). The van der Waals surface area contributed by atoms with Crippen molar-refractivity contribution in [1.82, 2.24) is 0 Å². The average Bonchev–Trinajstić information content (AvgIpc) is 3.09. The van der Waals surface area contributed by atoms with Crippen LogP contribution < -0.4 is 9.47 Å². The fourth-order valence-electron chi connectivity index (χ4n) is 5.89. The summed E-state index contributed by atoms with van der Waals surface area (Å²) in [4.78, 5) is 24.7. The Labute approximate surface area is 250 Å². The van der Waals surface area contributed by atoms with Gasteiger partial charge in [0, 0.05) is 12.7 Å². The van der Waals surface area contributed by atoms with Crippen molar-refractivity contribution in [2.24, 2.45) is 5.92 Å². The average molecular weight is 573 g/mol. The molecule has 0 radical (unpaired) electrons. The number of fused-ring (bicyclic) bond motifs is 1. The third-order valence-corrected chi connectivity index (χ3v) is 7.88. The Morgan fingerprint density at radius 1 is 0.881 bits per heavy atom. The molecule has 0 aliphatic heterocycles. The summed E-state index contributed by atoms with van der Waals surface area (Å²) in [5, 5.41) is 0. The Balaban J connectivity index is 2.28. The van der Waals surface area contributed by atoms with Crippen molar-refractivity contribution in [3.63, 3.8) is 0 Å². The summed E-state index contributed by atoms with van der Waals surface area (Å²) in [7, 11) is 6.32. The molecule has 1 unspecified atom stereocenters. The second-order valence-electron chi connectivity index (χ2n) is 11.2. The van der Waals surface area contributed by atoms with Gasteiger partial charge < -0.3 is 18.9 Å². The summed E-state index contributed by atoms with van der Waals surface area (Å²) in [6.07, 6.45) is 7.66. The minimum atomic E-state index is -0.464. The monoisotopic (exact) mass is 572 g/mol. The van der Waals surface area contributed by atoms with Gasteiger partial charge in [0.05, 0.1) is 32.5 Å². The zero-order chi connectivity index (χ0) is 31.3. The number of carbonyl (C=O) groups is 2. The molecular weight excluding hydrogens is 528 g/mol. The molecular formula is C36H44O6. The molecule has 0 saturated heterocycles. The molecule has 0 spiro atoms. The number of ether oxygens (including phenoxy) is 4. The second-order valence-corrected chi connectivity index (χ2v) is 11.2. The van der Waals surface area contributed by atoms with Crippen LogP contribution >= 0.6 is 0 Å². The van der Waals surface area contributed by atoms with Gasteiger partial charge in [-0.1, -0.05) is 58.1 Å². The molecule has 1 atom stereocenters. The first kappa shape index (κ1) is 32.6. The quantitative estimate of drug-likeness (QED) is 0.241. The lowest BCUT2D eigenvalue weighted by atomic mass is 9.85. The van der Waals surface area contributed by atoms with Gasteiger partial charge >= 0.3 is 0 Å². The van der Waals surface area contributed by atoms with E-state index in [2.05, 4.69) is 72.4 Å². The molecule has 0 aromatic heterocycles. The van der Waals surface area contributed by atoms with E-state index in [1.165, 1.54) is 7.11 Å². The van der Waals surface area contributed by atoms with E-state index in [9.17, 15) is 9.59 Å². The topological polar surface area (TPSA) is 71.1 Å². The third kappa shape index (κ3) is 6.00. The maximum absolute atomic E-state index is 12.5. The van der Waals surface area contributed by atoms with Crippen LogP contribution in [-0.2, 0) is 20.7 Å². The molecule has 0 bridgehead atoms. The number of allylic oxidation sites excluding steroid dienone is 3. The summed E-state index contributed by atoms with van der Waals surface area (Å²) in [5.74, 6) is 1.75. The molecule has 224 valence electrons. The minimum Gasteiger partial charge on any atom is -0.497 e. The van der Waals surface area contributed by atoms with Gasteiger partial charge in [0.2, 0.25) is 0 Å². The Kier molecular flexibility index (Phi) is 10.7. The highest BCUT2D eigenvalue weighted by molar-refractivity contribution is 6.11. The van der Waals surface area contributed by atoms with Gasteiger partial charge in [-0.3, -0.25) is 9.59 Å². The molecule has 1 aliphatic rings. The van der Waals surface area contributed by atoms with Crippen molar-refractivity contribution in [1.29, 1.82) is 0 Å². The van der Waals surface area contributed by atoms with Gasteiger partial charge in [0.25, 0.3) is 0 Å². The van der Waals surface area contributed by atoms with Gasteiger partial charge in [0.1, 0.15) is 11.9 Å². The van der Waals surface area contributed by atoms with E-state index >= 15 is 0 Å². The molecule has 0 saturated carbocycles. The lowest BCUT2D eigenvalue weighted by Gasteiger charge is -2.23. The van der Waals surface area contributed by atoms with Crippen LogP contribution in [0.5, 0.6) is 11.5 Å². The number of benzene rings is 2. The number of carbonyl (C=O) groups excluding carboxylic acids is 2. The summed E-state index contributed by atoms with van der Waals surface area (Å²) in [6, 6.07) is 4.26.